The van der Waals surface area contributed by atoms with Gasteiger partial charge in [0.15, 0.2) is 5.11 Å². The summed E-state index contributed by atoms with van der Waals surface area (Å²) in [5, 5.41) is 4.84. The highest BCUT2D eigenvalue weighted by Crippen LogP contribution is 2.18. The number of pyridine rings is 1. The summed E-state index contributed by atoms with van der Waals surface area (Å²) >= 11 is 5.65. The standard InChI is InChI=1S/C22H25N3O3S/c1-15-5-2-6-16-11-17(21(26)24-20(15)16)13-25(14-19-8-4-10-28-19)22(29)23-12-18-7-3-9-27-18/h2-3,5-7,9,11,19H,4,8,10,12-14H2,1H3,(H,23,29)(H,24,26)/t19-/m1/s1. The van der Waals surface area contributed by atoms with Crippen LogP contribution in [0.2, 0.25) is 0 Å². The van der Waals surface area contributed by atoms with E-state index in [2.05, 4.69) is 10.3 Å². The van der Waals surface area contributed by atoms with Gasteiger partial charge in [0, 0.05) is 18.7 Å². The number of aryl methyl sites for hydroxylation is 1. The number of nitrogens with one attached hydrogen (secondary N) is 2. The van der Waals surface area contributed by atoms with E-state index in [0.29, 0.717) is 30.3 Å². The van der Waals surface area contributed by atoms with E-state index in [1.54, 1.807) is 6.26 Å². The van der Waals surface area contributed by atoms with E-state index in [1.165, 1.54) is 0 Å². The molecule has 2 aromatic heterocycles. The first-order valence-corrected chi connectivity index (χ1v) is 10.3. The molecule has 4 rings (SSSR count). The van der Waals surface area contributed by atoms with Crippen molar-refractivity contribution < 1.29 is 9.15 Å². The number of thiocarbonyl (C=S) groups is 1. The Morgan fingerprint density at radius 1 is 1.34 bits per heavy atom. The third-order valence-corrected chi connectivity index (χ3v) is 5.66. The van der Waals surface area contributed by atoms with E-state index in [1.807, 2.05) is 48.2 Å². The highest BCUT2D eigenvalue weighted by Gasteiger charge is 2.22. The second-order valence-electron chi connectivity index (χ2n) is 7.42. The Morgan fingerprint density at radius 2 is 2.24 bits per heavy atom. The smallest absolute Gasteiger partial charge is 0.253 e. The molecule has 1 aliphatic heterocycles. The van der Waals surface area contributed by atoms with Crippen LogP contribution in [-0.4, -0.2) is 34.3 Å². The molecule has 0 bridgehead atoms. The fourth-order valence-electron chi connectivity index (χ4n) is 3.69. The number of benzene rings is 1. The van der Waals surface area contributed by atoms with Crippen LogP contribution in [-0.2, 0) is 17.8 Å². The van der Waals surface area contributed by atoms with E-state index in [0.717, 1.165) is 41.7 Å². The average molecular weight is 412 g/mol. The van der Waals surface area contributed by atoms with Gasteiger partial charge in [-0.05, 0) is 61.1 Å². The van der Waals surface area contributed by atoms with Crippen molar-refractivity contribution in [2.24, 2.45) is 0 Å². The first kappa shape index (κ1) is 19.7. The minimum atomic E-state index is -0.0852. The van der Waals surface area contributed by atoms with Crippen LogP contribution in [0.1, 0.15) is 29.7 Å². The number of hydrogen-bond acceptors (Lipinski definition) is 4. The van der Waals surface area contributed by atoms with Gasteiger partial charge in [-0.25, -0.2) is 0 Å². The van der Waals surface area contributed by atoms with Crippen LogP contribution in [0.3, 0.4) is 0 Å². The lowest BCUT2D eigenvalue weighted by Crippen LogP contribution is -2.43. The Hall–Kier alpha value is -2.64. The summed E-state index contributed by atoms with van der Waals surface area (Å²) in [5.41, 5.74) is 2.53. The van der Waals surface area contributed by atoms with Gasteiger partial charge in [0.05, 0.1) is 31.0 Å². The summed E-state index contributed by atoms with van der Waals surface area (Å²) in [6.07, 6.45) is 3.83. The third-order valence-electron chi connectivity index (χ3n) is 5.26. The fourth-order valence-corrected chi connectivity index (χ4v) is 3.90. The quantitative estimate of drug-likeness (QED) is 0.605. The first-order chi connectivity index (χ1) is 14.1. The number of ether oxygens (including phenoxy) is 1. The van der Waals surface area contributed by atoms with Gasteiger partial charge >= 0.3 is 0 Å². The van der Waals surface area contributed by atoms with Crippen molar-refractivity contribution in [2.45, 2.75) is 39.0 Å². The average Bonchev–Trinajstić information content (AvgIpc) is 3.41. The molecule has 7 heteroatoms. The van der Waals surface area contributed by atoms with Crippen LogP contribution in [0.15, 0.2) is 51.9 Å². The maximum Gasteiger partial charge on any atom is 0.253 e. The third kappa shape index (κ3) is 4.68. The van der Waals surface area contributed by atoms with Crippen LogP contribution < -0.4 is 10.9 Å². The SMILES string of the molecule is Cc1cccc2cc(CN(C[C@H]3CCCO3)C(=S)NCc3ccco3)c(=O)[nH]c12. The first-order valence-electron chi connectivity index (χ1n) is 9.88. The highest BCUT2D eigenvalue weighted by atomic mass is 32.1. The Balaban J connectivity index is 1.55. The van der Waals surface area contributed by atoms with Gasteiger partial charge in [-0.1, -0.05) is 18.2 Å². The van der Waals surface area contributed by atoms with Gasteiger partial charge in [-0.15, -0.1) is 0 Å². The molecule has 0 amide bonds. The van der Waals surface area contributed by atoms with Gasteiger partial charge < -0.3 is 24.4 Å². The molecule has 0 saturated carbocycles. The number of H-pyrrole nitrogens is 1. The van der Waals surface area contributed by atoms with Crippen molar-refractivity contribution in [3.63, 3.8) is 0 Å². The summed E-state index contributed by atoms with van der Waals surface area (Å²) in [6.45, 7) is 4.34. The van der Waals surface area contributed by atoms with Crippen molar-refractivity contribution in [1.29, 1.82) is 0 Å². The van der Waals surface area contributed by atoms with E-state index >= 15 is 0 Å². The predicted molar refractivity (Wildman–Crippen MR) is 117 cm³/mol. The van der Waals surface area contributed by atoms with Gasteiger partial charge in [0.1, 0.15) is 5.76 Å². The topological polar surface area (TPSA) is 70.5 Å². The number of aromatic amines is 1. The normalized spacial score (nSPS) is 16.2. The van der Waals surface area contributed by atoms with Crippen molar-refractivity contribution in [3.8, 4) is 0 Å². The monoisotopic (exact) mass is 411 g/mol. The molecule has 0 radical (unpaired) electrons. The molecule has 152 valence electrons. The Labute approximate surface area is 174 Å². The van der Waals surface area contributed by atoms with Crippen molar-refractivity contribution in [1.82, 2.24) is 15.2 Å². The number of rotatable bonds is 6. The van der Waals surface area contributed by atoms with E-state index in [-0.39, 0.29) is 11.7 Å². The van der Waals surface area contributed by atoms with E-state index in [4.69, 9.17) is 21.4 Å². The number of nitrogens with zero attached hydrogens (tertiary/aromatic N) is 1. The molecule has 6 nitrogen and oxygen atoms in total. The van der Waals surface area contributed by atoms with Gasteiger partial charge in [0.2, 0.25) is 0 Å². The molecule has 1 saturated heterocycles. The van der Waals surface area contributed by atoms with Crippen molar-refractivity contribution in [3.05, 3.63) is 69.9 Å². The maximum absolute atomic E-state index is 12.7. The molecule has 1 aromatic carbocycles. The van der Waals surface area contributed by atoms with Crippen molar-refractivity contribution >= 4 is 28.2 Å². The molecule has 3 aromatic rings. The molecule has 0 aliphatic carbocycles. The lowest BCUT2D eigenvalue weighted by molar-refractivity contribution is 0.0896. The molecule has 2 N–H and O–H groups in total. The van der Waals surface area contributed by atoms with Gasteiger partial charge in [-0.2, -0.15) is 0 Å². The molecule has 3 heterocycles. The van der Waals surface area contributed by atoms with Crippen LogP contribution in [0, 0.1) is 6.92 Å². The van der Waals surface area contributed by atoms with Crippen LogP contribution >= 0.6 is 12.2 Å². The van der Waals surface area contributed by atoms with Crippen LogP contribution in [0.5, 0.6) is 0 Å². The number of hydrogen-bond donors (Lipinski definition) is 2. The van der Waals surface area contributed by atoms with E-state index in [9.17, 15) is 4.79 Å². The lowest BCUT2D eigenvalue weighted by atomic mass is 10.1. The zero-order valence-corrected chi connectivity index (χ0v) is 17.3. The largest absolute Gasteiger partial charge is 0.467 e. The second kappa shape index (κ2) is 8.80. The minimum Gasteiger partial charge on any atom is -0.467 e. The molecule has 0 unspecified atom stereocenters. The molecular weight excluding hydrogens is 386 g/mol. The lowest BCUT2D eigenvalue weighted by Gasteiger charge is -2.28. The molecule has 29 heavy (non-hydrogen) atoms. The molecular formula is C22H25N3O3S. The zero-order chi connectivity index (χ0) is 20.2. The summed E-state index contributed by atoms with van der Waals surface area (Å²) in [5.74, 6) is 0.809. The number of para-hydroxylation sites is 1. The van der Waals surface area contributed by atoms with Crippen molar-refractivity contribution in [2.75, 3.05) is 13.2 Å². The molecule has 1 aliphatic rings. The summed E-state index contributed by atoms with van der Waals surface area (Å²) < 4.78 is 11.2. The molecule has 0 spiro atoms. The Bertz CT molecular complexity index is 1040. The number of aromatic nitrogens is 1. The summed E-state index contributed by atoms with van der Waals surface area (Å²) in [6, 6.07) is 11.7. The molecule has 1 atom stereocenters. The Morgan fingerprint density at radius 3 is 3.00 bits per heavy atom. The summed E-state index contributed by atoms with van der Waals surface area (Å²) in [4.78, 5) is 17.8. The van der Waals surface area contributed by atoms with Gasteiger partial charge in [0.25, 0.3) is 5.56 Å². The van der Waals surface area contributed by atoms with Crippen LogP contribution in [0.25, 0.3) is 10.9 Å². The van der Waals surface area contributed by atoms with Crippen LogP contribution in [0.4, 0.5) is 0 Å². The Kier molecular flexibility index (Phi) is 5.97. The second-order valence-corrected chi connectivity index (χ2v) is 7.80. The fraction of sp³-hybridized carbons (Fsp3) is 0.364. The molecule has 1 fully saturated rings. The minimum absolute atomic E-state index is 0.0852. The summed E-state index contributed by atoms with van der Waals surface area (Å²) in [7, 11) is 0. The highest BCUT2D eigenvalue weighted by molar-refractivity contribution is 7.80. The number of furan rings is 1. The maximum atomic E-state index is 12.7. The zero-order valence-electron chi connectivity index (χ0n) is 16.4. The van der Waals surface area contributed by atoms with Gasteiger partial charge in [-0.3, -0.25) is 4.79 Å². The number of fused-ring (bicyclic) bond motifs is 1. The predicted octanol–water partition coefficient (Wildman–Crippen LogP) is 3.49. The van der Waals surface area contributed by atoms with E-state index < -0.39 is 0 Å².